The van der Waals surface area contributed by atoms with Gasteiger partial charge in [0.25, 0.3) is 5.91 Å². The van der Waals surface area contributed by atoms with Crippen molar-refractivity contribution in [2.75, 3.05) is 7.11 Å². The second-order valence-electron chi connectivity index (χ2n) is 8.55. The van der Waals surface area contributed by atoms with E-state index in [0.717, 1.165) is 4.57 Å². The topological polar surface area (TPSA) is 86.6 Å². The highest BCUT2D eigenvalue weighted by atomic mass is 35.5. The van der Waals surface area contributed by atoms with Crippen LogP contribution in [0.2, 0.25) is 15.1 Å². The zero-order valence-electron chi connectivity index (χ0n) is 18.9. The first-order chi connectivity index (χ1) is 15.9. The Kier molecular flexibility index (Phi) is 7.81. The number of amides is 1. The Balaban J connectivity index is 1.99. The van der Waals surface area contributed by atoms with Gasteiger partial charge in [0.15, 0.2) is 0 Å². The summed E-state index contributed by atoms with van der Waals surface area (Å²) in [6, 6.07) is 10.2. The molecule has 0 aliphatic rings. The van der Waals surface area contributed by atoms with Crippen LogP contribution < -0.4 is 5.32 Å². The number of esters is 1. The van der Waals surface area contributed by atoms with Gasteiger partial charge < -0.3 is 14.8 Å². The fourth-order valence-electron chi connectivity index (χ4n) is 3.33. The van der Waals surface area contributed by atoms with E-state index in [2.05, 4.69) is 5.32 Å². The van der Waals surface area contributed by atoms with Crippen molar-refractivity contribution >= 4 is 63.7 Å². The van der Waals surface area contributed by atoms with E-state index < -0.39 is 29.6 Å². The van der Waals surface area contributed by atoms with Gasteiger partial charge in [0.2, 0.25) is 0 Å². The van der Waals surface area contributed by atoms with Crippen molar-refractivity contribution in [1.82, 2.24) is 9.88 Å². The maximum absolute atomic E-state index is 13.3. The highest BCUT2D eigenvalue weighted by Crippen LogP contribution is 2.26. The molecule has 1 atom stereocenters. The van der Waals surface area contributed by atoms with Crippen molar-refractivity contribution < 1.29 is 23.9 Å². The zero-order chi connectivity index (χ0) is 25.2. The number of benzene rings is 2. The Morgan fingerprint density at radius 2 is 1.71 bits per heavy atom. The molecule has 34 heavy (non-hydrogen) atoms. The summed E-state index contributed by atoms with van der Waals surface area (Å²) in [6.07, 6.45) is -0.651. The number of carbonyl (C=O) groups excluding carboxylic acids is 3. The largest absolute Gasteiger partial charge is 0.467 e. The van der Waals surface area contributed by atoms with Gasteiger partial charge in [0, 0.05) is 16.8 Å². The molecule has 3 rings (SSSR count). The van der Waals surface area contributed by atoms with E-state index in [1.165, 1.54) is 13.2 Å². The molecule has 0 saturated carbocycles. The maximum atomic E-state index is 13.3. The molecule has 180 valence electrons. The number of methoxy groups -OCH3 is 1. The van der Waals surface area contributed by atoms with E-state index in [9.17, 15) is 14.4 Å². The maximum Gasteiger partial charge on any atom is 0.419 e. The third-order valence-electron chi connectivity index (χ3n) is 4.79. The monoisotopic (exact) mass is 524 g/mol. The normalized spacial score (nSPS) is 12.3. The molecule has 1 N–H and O–H groups in total. The molecule has 3 aromatic rings. The summed E-state index contributed by atoms with van der Waals surface area (Å²) in [5, 5.41) is 4.33. The molecule has 0 spiro atoms. The molecule has 0 bridgehead atoms. The molecule has 0 radical (unpaired) electrons. The van der Waals surface area contributed by atoms with Crippen LogP contribution in [-0.2, 0) is 20.7 Å². The summed E-state index contributed by atoms with van der Waals surface area (Å²) in [5.74, 6) is -1.34. The van der Waals surface area contributed by atoms with E-state index >= 15 is 0 Å². The molecule has 0 saturated heterocycles. The van der Waals surface area contributed by atoms with Gasteiger partial charge in [0.1, 0.15) is 17.3 Å². The van der Waals surface area contributed by atoms with Crippen LogP contribution in [0.1, 0.15) is 36.8 Å². The SMILES string of the molecule is COC(=O)[C@H](Cc1ccc(Cl)c(Cl)c1)NC(=O)c1cc2cc(Cl)ccc2n1C(=O)OC(C)(C)C. The van der Waals surface area contributed by atoms with Crippen LogP contribution in [0.25, 0.3) is 10.9 Å². The van der Waals surface area contributed by atoms with Crippen molar-refractivity contribution in [3.8, 4) is 0 Å². The predicted molar refractivity (Wildman–Crippen MR) is 132 cm³/mol. The van der Waals surface area contributed by atoms with Gasteiger partial charge in [-0.05, 0) is 62.7 Å². The number of hydrogen-bond donors (Lipinski definition) is 1. The fourth-order valence-corrected chi connectivity index (χ4v) is 3.83. The van der Waals surface area contributed by atoms with Crippen LogP contribution in [-0.4, -0.2) is 41.3 Å². The summed E-state index contributed by atoms with van der Waals surface area (Å²) in [5.41, 5.74) is 0.276. The van der Waals surface area contributed by atoms with Gasteiger partial charge in [-0.2, -0.15) is 0 Å². The molecule has 0 unspecified atom stereocenters. The Morgan fingerprint density at radius 3 is 2.32 bits per heavy atom. The summed E-state index contributed by atoms with van der Waals surface area (Å²) in [4.78, 5) is 38.7. The third kappa shape index (κ3) is 6.03. The Hall–Kier alpha value is -2.74. The van der Waals surface area contributed by atoms with Gasteiger partial charge >= 0.3 is 12.1 Å². The number of aromatic nitrogens is 1. The third-order valence-corrected chi connectivity index (χ3v) is 5.76. The summed E-state index contributed by atoms with van der Waals surface area (Å²) in [6.45, 7) is 5.16. The molecule has 7 nitrogen and oxygen atoms in total. The summed E-state index contributed by atoms with van der Waals surface area (Å²) < 4.78 is 11.5. The highest BCUT2D eigenvalue weighted by Gasteiger charge is 2.28. The molecular weight excluding hydrogens is 503 g/mol. The van der Waals surface area contributed by atoms with Gasteiger partial charge in [-0.1, -0.05) is 40.9 Å². The Bertz CT molecular complexity index is 1260. The van der Waals surface area contributed by atoms with Crippen molar-refractivity contribution in [3.05, 3.63) is 68.8 Å². The second-order valence-corrected chi connectivity index (χ2v) is 9.80. The van der Waals surface area contributed by atoms with Gasteiger partial charge in [-0.3, -0.25) is 4.79 Å². The van der Waals surface area contributed by atoms with E-state index in [0.29, 0.717) is 31.5 Å². The number of rotatable bonds is 5. The Morgan fingerprint density at radius 1 is 1.00 bits per heavy atom. The smallest absolute Gasteiger partial charge is 0.419 e. The number of nitrogens with one attached hydrogen (secondary N) is 1. The van der Waals surface area contributed by atoms with Crippen LogP contribution >= 0.6 is 34.8 Å². The molecule has 1 heterocycles. The molecule has 0 aliphatic heterocycles. The lowest BCUT2D eigenvalue weighted by molar-refractivity contribution is -0.142. The second kappa shape index (κ2) is 10.3. The number of hydrogen-bond acceptors (Lipinski definition) is 5. The Labute approximate surface area is 211 Å². The lowest BCUT2D eigenvalue weighted by atomic mass is 10.1. The van der Waals surface area contributed by atoms with Crippen molar-refractivity contribution in [3.63, 3.8) is 0 Å². The molecule has 2 aromatic carbocycles. The molecule has 0 aliphatic carbocycles. The lowest BCUT2D eigenvalue weighted by Crippen LogP contribution is -2.44. The van der Waals surface area contributed by atoms with Gasteiger partial charge in [-0.25, -0.2) is 14.2 Å². The first-order valence-electron chi connectivity index (χ1n) is 10.3. The standard InChI is InChI=1S/C24H23Cl3N2O5/c1-24(2,3)34-23(32)29-19-8-6-15(25)11-14(19)12-20(29)21(30)28-18(22(31)33-4)10-13-5-7-16(26)17(27)9-13/h5-9,11-12,18H,10H2,1-4H3,(H,28,30)/t18-/m0/s1. The predicted octanol–water partition coefficient (Wildman–Crippen LogP) is 5.90. The average Bonchev–Trinajstić information content (AvgIpc) is 3.12. The van der Waals surface area contributed by atoms with Crippen molar-refractivity contribution in [2.24, 2.45) is 0 Å². The van der Waals surface area contributed by atoms with Crippen LogP contribution in [0, 0.1) is 0 Å². The van der Waals surface area contributed by atoms with E-state index in [1.807, 2.05) is 0 Å². The number of carbonyl (C=O) groups is 3. The number of nitrogens with zero attached hydrogens (tertiary/aromatic N) is 1. The number of fused-ring (bicyclic) bond motifs is 1. The van der Waals surface area contributed by atoms with E-state index in [1.54, 1.807) is 57.2 Å². The van der Waals surface area contributed by atoms with Crippen LogP contribution in [0.5, 0.6) is 0 Å². The fraction of sp³-hybridized carbons (Fsp3) is 0.292. The average molecular weight is 526 g/mol. The molecular formula is C24H23Cl3N2O5. The highest BCUT2D eigenvalue weighted by molar-refractivity contribution is 6.42. The van der Waals surface area contributed by atoms with E-state index in [-0.39, 0.29) is 12.1 Å². The summed E-state index contributed by atoms with van der Waals surface area (Å²) in [7, 11) is 1.22. The minimum absolute atomic E-state index is 0.0189. The van der Waals surface area contributed by atoms with Gasteiger partial charge in [0.05, 0.1) is 22.7 Å². The minimum Gasteiger partial charge on any atom is -0.467 e. The molecule has 10 heteroatoms. The zero-order valence-corrected chi connectivity index (χ0v) is 21.2. The summed E-state index contributed by atoms with van der Waals surface area (Å²) >= 11 is 18.1. The van der Waals surface area contributed by atoms with Crippen molar-refractivity contribution in [1.29, 1.82) is 0 Å². The molecule has 1 aromatic heterocycles. The van der Waals surface area contributed by atoms with Crippen LogP contribution in [0.4, 0.5) is 4.79 Å². The lowest BCUT2D eigenvalue weighted by Gasteiger charge is -2.21. The first-order valence-corrected chi connectivity index (χ1v) is 11.4. The number of halogens is 3. The first kappa shape index (κ1) is 25.9. The molecule has 0 fully saturated rings. The minimum atomic E-state index is -1.05. The van der Waals surface area contributed by atoms with Crippen molar-refractivity contribution in [2.45, 2.75) is 38.8 Å². The van der Waals surface area contributed by atoms with Gasteiger partial charge in [-0.15, -0.1) is 0 Å². The number of ether oxygens (including phenoxy) is 2. The van der Waals surface area contributed by atoms with Crippen LogP contribution in [0.3, 0.4) is 0 Å². The van der Waals surface area contributed by atoms with Crippen LogP contribution in [0.15, 0.2) is 42.5 Å². The quantitative estimate of drug-likeness (QED) is 0.419. The van der Waals surface area contributed by atoms with E-state index in [4.69, 9.17) is 44.3 Å². The molecule has 1 amide bonds.